The predicted molar refractivity (Wildman–Crippen MR) is 103 cm³/mol. The van der Waals surface area contributed by atoms with E-state index in [-0.39, 0.29) is 5.95 Å². The minimum Gasteiger partial charge on any atom is -0.368 e. The number of thioether (sulfide) groups is 1. The van der Waals surface area contributed by atoms with Crippen LogP contribution in [0.15, 0.2) is 35.5 Å². The lowest BCUT2D eigenvalue weighted by Gasteiger charge is -2.11. The standard InChI is InChI=1S/C17H22N8S/c1-4-25-14(10-12-8-6-5-7-9-12)22-23-17(25)26-11-13-19-15(18)21-16(20-13)24(2)3/h5-9H,4,10-11H2,1-3H3,(H2,18,19,20,21). The zero-order chi connectivity index (χ0) is 18.5. The monoisotopic (exact) mass is 370 g/mol. The lowest BCUT2D eigenvalue weighted by atomic mass is 10.1. The second-order valence-corrected chi connectivity index (χ2v) is 6.84. The number of anilines is 2. The summed E-state index contributed by atoms with van der Waals surface area (Å²) in [5.74, 6) is 2.90. The Bertz CT molecular complexity index is 862. The SMILES string of the molecule is CCn1c(Cc2ccccc2)nnc1SCc1nc(N)nc(N(C)C)n1. The molecule has 2 aromatic heterocycles. The minimum atomic E-state index is 0.223. The summed E-state index contributed by atoms with van der Waals surface area (Å²) in [4.78, 5) is 14.6. The van der Waals surface area contributed by atoms with Crippen LogP contribution in [0.25, 0.3) is 0 Å². The van der Waals surface area contributed by atoms with Gasteiger partial charge in [0.05, 0.1) is 5.75 Å². The molecule has 3 rings (SSSR count). The molecule has 2 heterocycles. The van der Waals surface area contributed by atoms with Crippen LogP contribution in [0.2, 0.25) is 0 Å². The minimum absolute atomic E-state index is 0.223. The first-order valence-corrected chi connectivity index (χ1v) is 9.32. The molecule has 0 atom stereocenters. The van der Waals surface area contributed by atoms with Gasteiger partial charge in [0.1, 0.15) is 11.6 Å². The Hall–Kier alpha value is -2.68. The van der Waals surface area contributed by atoms with E-state index in [0.717, 1.165) is 23.9 Å². The van der Waals surface area contributed by atoms with Crippen molar-refractivity contribution in [3.05, 3.63) is 47.5 Å². The molecule has 0 amide bonds. The Morgan fingerprint density at radius 1 is 1.08 bits per heavy atom. The highest BCUT2D eigenvalue weighted by atomic mass is 32.2. The van der Waals surface area contributed by atoms with Crippen molar-refractivity contribution < 1.29 is 0 Å². The zero-order valence-electron chi connectivity index (χ0n) is 15.1. The number of nitrogens with two attached hydrogens (primary N) is 1. The molecule has 8 nitrogen and oxygen atoms in total. The van der Waals surface area contributed by atoms with Crippen LogP contribution < -0.4 is 10.6 Å². The topological polar surface area (TPSA) is 98.6 Å². The molecule has 0 radical (unpaired) electrons. The lowest BCUT2D eigenvalue weighted by molar-refractivity contribution is 0.651. The van der Waals surface area contributed by atoms with Gasteiger partial charge in [0.2, 0.25) is 11.9 Å². The van der Waals surface area contributed by atoms with Gasteiger partial charge in [-0.25, -0.2) is 0 Å². The third kappa shape index (κ3) is 4.29. The summed E-state index contributed by atoms with van der Waals surface area (Å²) in [6.07, 6.45) is 0.756. The molecule has 26 heavy (non-hydrogen) atoms. The molecule has 0 saturated carbocycles. The lowest BCUT2D eigenvalue weighted by Crippen LogP contribution is -2.16. The number of nitrogen functional groups attached to an aromatic ring is 1. The second-order valence-electron chi connectivity index (χ2n) is 5.90. The van der Waals surface area contributed by atoms with E-state index < -0.39 is 0 Å². The van der Waals surface area contributed by atoms with Gasteiger partial charge in [-0.1, -0.05) is 42.1 Å². The third-order valence-corrected chi connectivity index (χ3v) is 4.70. The highest BCUT2D eigenvalue weighted by Gasteiger charge is 2.14. The number of hydrogen-bond acceptors (Lipinski definition) is 8. The number of rotatable bonds is 7. The summed E-state index contributed by atoms with van der Waals surface area (Å²) in [6, 6.07) is 10.3. The predicted octanol–water partition coefficient (Wildman–Crippen LogP) is 2.01. The fourth-order valence-corrected chi connectivity index (χ4v) is 3.35. The van der Waals surface area contributed by atoms with Crippen LogP contribution in [-0.4, -0.2) is 43.8 Å². The molecule has 0 aliphatic heterocycles. The van der Waals surface area contributed by atoms with Crippen LogP contribution in [0, 0.1) is 0 Å². The van der Waals surface area contributed by atoms with Crippen LogP contribution >= 0.6 is 11.8 Å². The van der Waals surface area contributed by atoms with Crippen molar-refractivity contribution in [1.29, 1.82) is 0 Å². The molecule has 0 spiro atoms. The maximum atomic E-state index is 5.78. The van der Waals surface area contributed by atoms with Gasteiger partial charge >= 0.3 is 0 Å². The average Bonchev–Trinajstić information content (AvgIpc) is 3.02. The number of aromatic nitrogens is 6. The van der Waals surface area contributed by atoms with E-state index in [4.69, 9.17) is 5.73 Å². The molecule has 0 aliphatic carbocycles. The van der Waals surface area contributed by atoms with Crippen molar-refractivity contribution in [3.63, 3.8) is 0 Å². The first kappa shape index (κ1) is 18.1. The fourth-order valence-electron chi connectivity index (χ4n) is 2.47. The zero-order valence-corrected chi connectivity index (χ0v) is 15.9. The molecule has 1 aromatic carbocycles. The summed E-state index contributed by atoms with van der Waals surface area (Å²) in [5, 5.41) is 9.56. The van der Waals surface area contributed by atoms with E-state index in [2.05, 4.69) is 48.8 Å². The van der Waals surface area contributed by atoms with Crippen LogP contribution in [0.4, 0.5) is 11.9 Å². The maximum Gasteiger partial charge on any atom is 0.229 e. The van der Waals surface area contributed by atoms with Crippen molar-refractivity contribution in [2.24, 2.45) is 0 Å². The van der Waals surface area contributed by atoms with E-state index in [0.29, 0.717) is 17.5 Å². The van der Waals surface area contributed by atoms with Crippen molar-refractivity contribution in [1.82, 2.24) is 29.7 Å². The molecule has 2 N–H and O–H groups in total. The third-order valence-electron chi connectivity index (χ3n) is 3.73. The molecule has 3 aromatic rings. The fraction of sp³-hybridized carbons (Fsp3) is 0.353. The Morgan fingerprint density at radius 3 is 2.54 bits per heavy atom. The van der Waals surface area contributed by atoms with Gasteiger partial charge in [-0.2, -0.15) is 15.0 Å². The maximum absolute atomic E-state index is 5.78. The summed E-state index contributed by atoms with van der Waals surface area (Å²) >= 11 is 1.55. The highest BCUT2D eigenvalue weighted by molar-refractivity contribution is 7.98. The Labute approximate surface area is 156 Å². The molecule has 0 saturated heterocycles. The van der Waals surface area contributed by atoms with E-state index >= 15 is 0 Å². The molecular formula is C17H22N8S. The Balaban J connectivity index is 1.74. The van der Waals surface area contributed by atoms with Gasteiger partial charge in [-0.15, -0.1) is 10.2 Å². The molecular weight excluding hydrogens is 348 g/mol. The van der Waals surface area contributed by atoms with Crippen LogP contribution in [0.1, 0.15) is 24.1 Å². The van der Waals surface area contributed by atoms with Crippen LogP contribution in [0.3, 0.4) is 0 Å². The summed E-state index contributed by atoms with van der Waals surface area (Å²) < 4.78 is 2.12. The van der Waals surface area contributed by atoms with Gasteiger partial charge in [-0.05, 0) is 12.5 Å². The molecule has 0 aliphatic rings. The first-order valence-electron chi connectivity index (χ1n) is 8.33. The summed E-state index contributed by atoms with van der Waals surface area (Å²) in [7, 11) is 3.74. The molecule has 0 unspecified atom stereocenters. The van der Waals surface area contributed by atoms with E-state index in [1.807, 2.05) is 32.3 Å². The van der Waals surface area contributed by atoms with Gasteiger partial charge in [0.25, 0.3) is 0 Å². The van der Waals surface area contributed by atoms with E-state index in [1.165, 1.54) is 5.56 Å². The van der Waals surface area contributed by atoms with Crippen molar-refractivity contribution in [2.75, 3.05) is 24.7 Å². The highest BCUT2D eigenvalue weighted by Crippen LogP contribution is 2.22. The second kappa shape index (κ2) is 8.13. The van der Waals surface area contributed by atoms with Gasteiger partial charge in [0.15, 0.2) is 5.16 Å². The van der Waals surface area contributed by atoms with Crippen LogP contribution in [-0.2, 0) is 18.7 Å². The normalized spacial score (nSPS) is 10.9. The number of benzene rings is 1. The van der Waals surface area contributed by atoms with Crippen molar-refractivity contribution in [3.8, 4) is 0 Å². The number of nitrogens with zero attached hydrogens (tertiary/aromatic N) is 7. The smallest absolute Gasteiger partial charge is 0.229 e. The Kier molecular flexibility index (Phi) is 5.67. The average molecular weight is 370 g/mol. The molecule has 136 valence electrons. The number of hydrogen-bond donors (Lipinski definition) is 1. The quantitative estimate of drug-likeness (QED) is 0.631. The summed E-state index contributed by atoms with van der Waals surface area (Å²) in [5.41, 5.74) is 7.00. The van der Waals surface area contributed by atoms with E-state index in [9.17, 15) is 0 Å². The van der Waals surface area contributed by atoms with Gasteiger partial charge < -0.3 is 15.2 Å². The van der Waals surface area contributed by atoms with Gasteiger partial charge in [-0.3, -0.25) is 0 Å². The molecule has 9 heteroatoms. The van der Waals surface area contributed by atoms with Gasteiger partial charge in [0, 0.05) is 27.1 Å². The molecule has 0 bridgehead atoms. The largest absolute Gasteiger partial charge is 0.368 e. The Morgan fingerprint density at radius 2 is 1.85 bits per heavy atom. The molecule has 0 fully saturated rings. The van der Waals surface area contributed by atoms with Crippen LogP contribution in [0.5, 0.6) is 0 Å². The first-order chi connectivity index (χ1) is 12.6. The van der Waals surface area contributed by atoms with E-state index in [1.54, 1.807) is 16.7 Å². The van der Waals surface area contributed by atoms with Crippen molar-refractivity contribution in [2.45, 2.75) is 30.8 Å². The summed E-state index contributed by atoms with van der Waals surface area (Å²) in [6.45, 7) is 2.90. The van der Waals surface area contributed by atoms with Crippen molar-refractivity contribution >= 4 is 23.7 Å².